The first-order valence-electron chi connectivity index (χ1n) is 11.5. The van der Waals surface area contributed by atoms with E-state index in [1.54, 1.807) is 0 Å². The van der Waals surface area contributed by atoms with Crippen molar-refractivity contribution in [2.75, 3.05) is 23.9 Å². The minimum absolute atomic E-state index is 0.948. The number of rotatable bonds is 1. The van der Waals surface area contributed by atoms with Gasteiger partial charge in [0, 0.05) is 37.7 Å². The summed E-state index contributed by atoms with van der Waals surface area (Å²) in [6.07, 6.45) is 3.17. The van der Waals surface area contributed by atoms with Crippen LogP contribution < -0.4 is 9.80 Å². The molecule has 0 saturated heterocycles. The molecule has 0 aromatic heterocycles. The number of benzene rings is 4. The van der Waals surface area contributed by atoms with E-state index < -0.39 is 0 Å². The summed E-state index contributed by atoms with van der Waals surface area (Å²) in [7, 11) is 4.40. The van der Waals surface area contributed by atoms with E-state index >= 15 is 0 Å². The fourth-order valence-corrected chi connectivity index (χ4v) is 5.44. The molecule has 32 heavy (non-hydrogen) atoms. The summed E-state index contributed by atoms with van der Waals surface area (Å²) in [5, 5.41) is 0. The van der Waals surface area contributed by atoms with E-state index in [4.69, 9.17) is 0 Å². The molecule has 2 aliphatic heterocycles. The van der Waals surface area contributed by atoms with Crippen LogP contribution >= 0.6 is 0 Å². The highest BCUT2D eigenvalue weighted by molar-refractivity contribution is 5.76. The number of hydrogen-bond donors (Lipinski definition) is 0. The second kappa shape index (κ2) is 7.56. The van der Waals surface area contributed by atoms with Gasteiger partial charge in [-0.3, -0.25) is 0 Å². The number of anilines is 3. The molecule has 2 aliphatic rings. The predicted octanol–water partition coefficient (Wildman–Crippen LogP) is 6.76. The zero-order valence-corrected chi connectivity index (χ0v) is 18.8. The third-order valence-electron chi connectivity index (χ3n) is 7.19. The Balaban J connectivity index is 1.37. The van der Waals surface area contributed by atoms with Gasteiger partial charge in [-0.2, -0.15) is 0 Å². The molecule has 0 aliphatic carbocycles. The molecule has 158 valence electrons. The second-order valence-corrected chi connectivity index (χ2v) is 9.18. The van der Waals surface area contributed by atoms with Crippen LogP contribution in [-0.4, -0.2) is 14.1 Å². The molecule has 4 aromatic rings. The van der Waals surface area contributed by atoms with Gasteiger partial charge in [0.15, 0.2) is 0 Å². The lowest BCUT2D eigenvalue weighted by Gasteiger charge is -2.22. The standard InChI is InChI=1S/C30H28N2/c1-31-20-27-19-22(12-13-24(27)18-25-8-4-5-9-28(25)31)23-15-16-30-26(17-23)14-11-21-7-3-6-10-29(21)32(30)2/h3-10,12-13,15-17,19H,11,14,18,20H2,1-2H3. The average molecular weight is 417 g/mol. The quantitative estimate of drug-likeness (QED) is 0.338. The topological polar surface area (TPSA) is 6.48 Å². The van der Waals surface area contributed by atoms with Gasteiger partial charge >= 0.3 is 0 Å². The van der Waals surface area contributed by atoms with Crippen molar-refractivity contribution in [1.29, 1.82) is 0 Å². The van der Waals surface area contributed by atoms with Crippen molar-refractivity contribution in [3.05, 3.63) is 113 Å². The van der Waals surface area contributed by atoms with Crippen molar-refractivity contribution >= 4 is 17.1 Å². The van der Waals surface area contributed by atoms with Crippen LogP contribution in [-0.2, 0) is 25.8 Å². The van der Waals surface area contributed by atoms with Gasteiger partial charge in [0.1, 0.15) is 0 Å². The Kier molecular flexibility index (Phi) is 4.53. The van der Waals surface area contributed by atoms with Crippen LogP contribution in [0.25, 0.3) is 11.1 Å². The molecule has 6 rings (SSSR count). The second-order valence-electron chi connectivity index (χ2n) is 9.18. The maximum atomic E-state index is 2.41. The minimum Gasteiger partial charge on any atom is -0.370 e. The van der Waals surface area contributed by atoms with Gasteiger partial charge in [0.2, 0.25) is 0 Å². The zero-order chi connectivity index (χ0) is 21.7. The van der Waals surface area contributed by atoms with Crippen molar-refractivity contribution in [2.24, 2.45) is 0 Å². The summed E-state index contributed by atoms with van der Waals surface area (Å²) >= 11 is 0. The van der Waals surface area contributed by atoms with Crippen LogP contribution in [0.15, 0.2) is 84.9 Å². The third-order valence-corrected chi connectivity index (χ3v) is 7.19. The molecular formula is C30H28N2. The first-order valence-corrected chi connectivity index (χ1v) is 11.5. The van der Waals surface area contributed by atoms with Crippen molar-refractivity contribution in [1.82, 2.24) is 0 Å². The van der Waals surface area contributed by atoms with Crippen molar-refractivity contribution < 1.29 is 0 Å². The molecule has 0 amide bonds. The van der Waals surface area contributed by atoms with E-state index in [-0.39, 0.29) is 0 Å². The highest BCUT2D eigenvalue weighted by Gasteiger charge is 2.19. The van der Waals surface area contributed by atoms with E-state index in [1.165, 1.54) is 56.0 Å². The average Bonchev–Trinajstić information content (AvgIpc) is 3.06. The van der Waals surface area contributed by atoms with Crippen molar-refractivity contribution in [3.63, 3.8) is 0 Å². The Labute approximate surface area is 190 Å². The summed E-state index contributed by atoms with van der Waals surface area (Å²) in [6, 6.07) is 31.6. The van der Waals surface area contributed by atoms with Crippen LogP contribution in [0.2, 0.25) is 0 Å². The van der Waals surface area contributed by atoms with Gasteiger partial charge in [0.25, 0.3) is 0 Å². The highest BCUT2D eigenvalue weighted by atomic mass is 15.1. The minimum atomic E-state index is 0.948. The Bertz CT molecular complexity index is 1320. The summed E-state index contributed by atoms with van der Waals surface area (Å²) < 4.78 is 0. The van der Waals surface area contributed by atoms with E-state index in [0.29, 0.717) is 0 Å². The fraction of sp³-hybridized carbons (Fsp3) is 0.200. The van der Waals surface area contributed by atoms with Crippen LogP contribution in [0, 0.1) is 0 Å². The van der Waals surface area contributed by atoms with Gasteiger partial charge in [-0.1, -0.05) is 54.6 Å². The Hall–Kier alpha value is -3.52. The van der Waals surface area contributed by atoms with Crippen molar-refractivity contribution in [3.8, 4) is 11.1 Å². The maximum Gasteiger partial charge on any atom is 0.0441 e. The van der Waals surface area contributed by atoms with Crippen molar-refractivity contribution in [2.45, 2.75) is 25.8 Å². The van der Waals surface area contributed by atoms with Gasteiger partial charge < -0.3 is 9.80 Å². The van der Waals surface area contributed by atoms with Crippen LogP contribution in [0.3, 0.4) is 0 Å². The normalized spacial score (nSPS) is 14.6. The lowest BCUT2D eigenvalue weighted by molar-refractivity contribution is 0.926. The molecule has 2 nitrogen and oxygen atoms in total. The molecule has 0 saturated carbocycles. The number of nitrogens with zero attached hydrogens (tertiary/aromatic N) is 2. The molecule has 0 bridgehead atoms. The van der Waals surface area contributed by atoms with E-state index in [9.17, 15) is 0 Å². The monoisotopic (exact) mass is 416 g/mol. The molecule has 0 radical (unpaired) electrons. The molecular weight excluding hydrogens is 388 g/mol. The molecule has 0 unspecified atom stereocenters. The molecule has 4 aromatic carbocycles. The number of para-hydroxylation sites is 2. The van der Waals surface area contributed by atoms with E-state index in [1.807, 2.05) is 0 Å². The lowest BCUT2D eigenvalue weighted by Crippen LogP contribution is -2.16. The van der Waals surface area contributed by atoms with Gasteiger partial charge in [0.05, 0.1) is 0 Å². The molecule has 0 fully saturated rings. The molecule has 0 atom stereocenters. The van der Waals surface area contributed by atoms with Crippen LogP contribution in [0.4, 0.5) is 17.1 Å². The molecule has 2 heterocycles. The van der Waals surface area contributed by atoms with Crippen LogP contribution in [0.1, 0.15) is 27.8 Å². The summed E-state index contributed by atoms with van der Waals surface area (Å²) in [5.41, 5.74) is 13.8. The smallest absolute Gasteiger partial charge is 0.0441 e. The summed E-state index contributed by atoms with van der Waals surface area (Å²) in [5.74, 6) is 0. The first-order chi connectivity index (χ1) is 15.7. The van der Waals surface area contributed by atoms with Gasteiger partial charge in [-0.25, -0.2) is 0 Å². The van der Waals surface area contributed by atoms with Crippen LogP contribution in [0.5, 0.6) is 0 Å². The third kappa shape index (κ3) is 3.18. The summed E-state index contributed by atoms with van der Waals surface area (Å²) in [4.78, 5) is 4.73. The van der Waals surface area contributed by atoms with Gasteiger partial charge in [-0.15, -0.1) is 0 Å². The first kappa shape index (κ1) is 19.2. The SMILES string of the molecule is CN1Cc2cc(-c3ccc4c(c3)CCc3ccccc3N4C)ccc2Cc2ccccc21. The largest absolute Gasteiger partial charge is 0.370 e. The molecule has 2 heteroatoms. The Morgan fingerprint density at radius 2 is 1.16 bits per heavy atom. The number of aryl methyl sites for hydroxylation is 2. The van der Waals surface area contributed by atoms with E-state index in [2.05, 4.69) is 109 Å². The maximum absolute atomic E-state index is 2.41. The predicted molar refractivity (Wildman–Crippen MR) is 135 cm³/mol. The Morgan fingerprint density at radius 3 is 2.00 bits per heavy atom. The number of hydrogen-bond acceptors (Lipinski definition) is 2. The molecule has 0 spiro atoms. The fourth-order valence-electron chi connectivity index (χ4n) is 5.44. The van der Waals surface area contributed by atoms with Gasteiger partial charge in [-0.05, 0) is 88.5 Å². The number of fused-ring (bicyclic) bond motifs is 4. The molecule has 0 N–H and O–H groups in total. The lowest BCUT2D eigenvalue weighted by atomic mass is 9.94. The highest BCUT2D eigenvalue weighted by Crippen LogP contribution is 2.38. The zero-order valence-electron chi connectivity index (χ0n) is 18.8. The van der Waals surface area contributed by atoms with E-state index in [0.717, 1.165) is 25.8 Å². The Morgan fingerprint density at radius 1 is 0.531 bits per heavy atom. The summed E-state index contributed by atoms with van der Waals surface area (Å²) in [6.45, 7) is 0.948.